The van der Waals surface area contributed by atoms with E-state index in [1.165, 1.54) is 19.2 Å². The molecule has 0 saturated carbocycles. The molecule has 0 radical (unpaired) electrons. The number of sulfonamides is 1. The Morgan fingerprint density at radius 3 is 1.79 bits per heavy atom. The molecule has 0 aliphatic carbocycles. The van der Waals surface area contributed by atoms with E-state index in [4.69, 9.17) is 9.97 Å². The van der Waals surface area contributed by atoms with E-state index in [0.717, 1.165) is 37.9 Å². The van der Waals surface area contributed by atoms with Crippen molar-refractivity contribution in [2.24, 2.45) is 0 Å². The van der Waals surface area contributed by atoms with E-state index in [2.05, 4.69) is 0 Å². The Bertz CT molecular complexity index is 1530. The molecule has 39 heavy (non-hydrogen) atoms. The maximum absolute atomic E-state index is 13.9. The fourth-order valence-corrected chi connectivity index (χ4v) is 7.98. The summed E-state index contributed by atoms with van der Waals surface area (Å²) >= 11 is 0. The topological polar surface area (TPSA) is 83.4 Å². The van der Waals surface area contributed by atoms with Crippen molar-refractivity contribution in [2.75, 3.05) is 17.6 Å². The average Bonchev–Trinajstić information content (AvgIpc) is 2.88. The normalized spacial score (nSPS) is 12.5. The van der Waals surface area contributed by atoms with Gasteiger partial charge in [-0.25, -0.2) is 0 Å². The summed E-state index contributed by atoms with van der Waals surface area (Å²) in [5.74, 6) is -0.472. The first-order chi connectivity index (χ1) is 18.3. The molecule has 4 rings (SSSR count). The molecular formula is C30H35FN3O3PS. The van der Waals surface area contributed by atoms with Crippen LogP contribution in [-0.4, -0.2) is 36.6 Å². The van der Waals surface area contributed by atoms with Gasteiger partial charge in [0.25, 0.3) is 0 Å². The number of aryl methyl sites for hydroxylation is 2. The fraction of sp³-hybridized carbons (Fsp3) is 0.267. The van der Waals surface area contributed by atoms with Crippen molar-refractivity contribution >= 4 is 34.1 Å². The number of rotatable bonds is 8. The van der Waals surface area contributed by atoms with Gasteiger partial charge in [-0.1, -0.05) is 0 Å². The fourth-order valence-electron chi connectivity index (χ4n) is 4.56. The Hall–Kier alpha value is -3.19. The van der Waals surface area contributed by atoms with Crippen molar-refractivity contribution in [3.63, 3.8) is 0 Å². The molecule has 0 bridgehead atoms. The predicted octanol–water partition coefficient (Wildman–Crippen LogP) is 5.23. The van der Waals surface area contributed by atoms with Crippen LogP contribution in [-0.2, 0) is 16.2 Å². The third kappa shape index (κ3) is 6.19. The van der Waals surface area contributed by atoms with Gasteiger partial charge in [-0.3, -0.25) is 0 Å². The van der Waals surface area contributed by atoms with Crippen molar-refractivity contribution < 1.29 is 17.7 Å². The number of hydrogen-bond acceptors (Lipinski definition) is 5. The van der Waals surface area contributed by atoms with Gasteiger partial charge in [0, 0.05) is 0 Å². The van der Waals surface area contributed by atoms with Gasteiger partial charge in [-0.15, -0.1) is 0 Å². The van der Waals surface area contributed by atoms with Crippen molar-refractivity contribution in [3.8, 4) is 11.3 Å². The van der Waals surface area contributed by atoms with E-state index >= 15 is 0 Å². The van der Waals surface area contributed by atoms with Gasteiger partial charge in [0.15, 0.2) is 0 Å². The molecule has 0 saturated heterocycles. The van der Waals surface area contributed by atoms with E-state index in [1.807, 2.05) is 76.2 Å². The van der Waals surface area contributed by atoms with Gasteiger partial charge in [-0.05, 0) is 0 Å². The Balaban J connectivity index is 2.02. The van der Waals surface area contributed by atoms with Gasteiger partial charge in [0.2, 0.25) is 0 Å². The van der Waals surface area contributed by atoms with Crippen LogP contribution in [0.25, 0.3) is 11.3 Å². The summed E-state index contributed by atoms with van der Waals surface area (Å²) < 4.78 is 39.8. The van der Waals surface area contributed by atoms with Gasteiger partial charge >= 0.3 is 231 Å². The standard InChI is InChI=1S/C30H35FN3O3PS/c1-20(2)28-27(19-38(35,25-15-7-21(3)8-16-25)26-17-9-22(4)10-18-26)29(23-11-13-24(31)14-12-23)33-30(32-28)34(5)39(6,36)37/h7-18,20,35,38H,19H2,1-6H3. The third-order valence-electron chi connectivity index (χ3n) is 6.96. The molecule has 9 heteroatoms. The summed E-state index contributed by atoms with van der Waals surface area (Å²) in [6, 6.07) is 21.8. The van der Waals surface area contributed by atoms with Gasteiger partial charge in [0.05, 0.1) is 0 Å². The van der Waals surface area contributed by atoms with Crippen molar-refractivity contribution in [3.05, 3.63) is 101 Å². The summed E-state index contributed by atoms with van der Waals surface area (Å²) in [7, 11) is -5.64. The predicted molar refractivity (Wildman–Crippen MR) is 161 cm³/mol. The minimum atomic E-state index is -3.64. The molecule has 0 amide bonds. The molecule has 0 aliphatic rings. The van der Waals surface area contributed by atoms with E-state index < -0.39 is 23.3 Å². The van der Waals surface area contributed by atoms with Crippen LogP contribution >= 0.6 is 7.49 Å². The molecule has 3 aromatic carbocycles. The summed E-state index contributed by atoms with van der Waals surface area (Å²) in [5.41, 5.74) is 4.63. The zero-order chi connectivity index (χ0) is 28.5. The first-order valence-electron chi connectivity index (χ1n) is 12.8. The molecule has 0 unspecified atom stereocenters. The Kier molecular flexibility index (Phi) is 8.22. The molecule has 1 heterocycles. The quantitative estimate of drug-likeness (QED) is 0.295. The van der Waals surface area contributed by atoms with E-state index in [9.17, 15) is 17.7 Å². The second kappa shape index (κ2) is 11.1. The van der Waals surface area contributed by atoms with Crippen LogP contribution < -0.4 is 14.9 Å². The molecule has 6 nitrogen and oxygen atoms in total. The second-order valence-corrected chi connectivity index (χ2v) is 15.6. The maximum atomic E-state index is 13.9. The molecule has 0 spiro atoms. The molecule has 0 atom stereocenters. The molecule has 4 aromatic rings. The number of nitrogens with zero attached hydrogens (tertiary/aromatic N) is 3. The Morgan fingerprint density at radius 1 is 0.872 bits per heavy atom. The zero-order valence-electron chi connectivity index (χ0n) is 23.1. The van der Waals surface area contributed by atoms with E-state index in [-0.39, 0.29) is 18.0 Å². The van der Waals surface area contributed by atoms with Crippen LogP contribution in [0.1, 0.15) is 42.1 Å². The van der Waals surface area contributed by atoms with Crippen LogP contribution in [0, 0.1) is 19.7 Å². The molecule has 0 fully saturated rings. The third-order valence-corrected chi connectivity index (χ3v) is 11.6. The number of halogens is 1. The summed E-state index contributed by atoms with van der Waals surface area (Å²) in [6.07, 6.45) is 1.35. The van der Waals surface area contributed by atoms with E-state index in [0.29, 0.717) is 17.0 Å². The van der Waals surface area contributed by atoms with Crippen LogP contribution in [0.5, 0.6) is 0 Å². The Morgan fingerprint density at radius 2 is 1.36 bits per heavy atom. The number of aromatic nitrogens is 2. The number of hydrogen-bond donors (Lipinski definition) is 1. The second-order valence-electron chi connectivity index (χ2n) is 10.4. The molecule has 1 N–H and O–H groups in total. The summed E-state index contributed by atoms with van der Waals surface area (Å²) in [5, 5.41) is 1.68. The molecule has 1 aromatic heterocycles. The average molecular weight is 568 g/mol. The number of anilines is 1. The monoisotopic (exact) mass is 567 g/mol. The summed E-state index contributed by atoms with van der Waals surface area (Å²) in [4.78, 5) is 22.1. The van der Waals surface area contributed by atoms with Crippen molar-refractivity contribution in [2.45, 2.75) is 39.8 Å². The van der Waals surface area contributed by atoms with Gasteiger partial charge in [-0.2, -0.15) is 0 Å². The zero-order valence-corrected chi connectivity index (χ0v) is 24.9. The summed E-state index contributed by atoms with van der Waals surface area (Å²) in [6.45, 7) is 7.96. The Labute approximate surface area is 231 Å². The van der Waals surface area contributed by atoms with Crippen LogP contribution in [0.15, 0.2) is 72.8 Å². The first-order valence-corrected chi connectivity index (χ1v) is 16.8. The molecular weight excluding hydrogens is 532 g/mol. The molecule has 206 valence electrons. The van der Waals surface area contributed by atoms with Crippen LogP contribution in [0.2, 0.25) is 0 Å². The van der Waals surface area contributed by atoms with Crippen LogP contribution in [0.3, 0.4) is 0 Å². The van der Waals surface area contributed by atoms with Crippen LogP contribution in [0.4, 0.5) is 10.3 Å². The van der Waals surface area contributed by atoms with Crippen molar-refractivity contribution in [1.29, 1.82) is 0 Å². The van der Waals surface area contributed by atoms with Gasteiger partial charge in [0.1, 0.15) is 0 Å². The van der Waals surface area contributed by atoms with Crippen molar-refractivity contribution in [1.82, 2.24) is 9.97 Å². The van der Waals surface area contributed by atoms with E-state index in [1.54, 1.807) is 12.1 Å². The van der Waals surface area contributed by atoms with Gasteiger partial charge < -0.3 is 0 Å². The first kappa shape index (κ1) is 28.8. The number of benzene rings is 3. The SMILES string of the molecule is Cc1ccc([PH](O)(Cc2c(-c3ccc(F)cc3)nc(N(C)S(C)(=O)=O)nc2C(C)C)c2ccc(C)cc2)cc1. The minimum absolute atomic E-state index is 0.0279. The molecule has 0 aliphatic heterocycles.